The molecule has 11 heavy (non-hydrogen) atoms. The fourth-order valence-electron chi connectivity index (χ4n) is 0.998. The number of nitrogens with two attached hydrogens (primary N) is 1. The first-order chi connectivity index (χ1) is 4.95. The van der Waals surface area contributed by atoms with Crippen molar-refractivity contribution in [3.8, 4) is 0 Å². The maximum atomic E-state index is 9.22. The summed E-state index contributed by atoms with van der Waals surface area (Å²) in [7, 11) is 0. The maximum absolute atomic E-state index is 9.22. The summed E-state index contributed by atoms with van der Waals surface area (Å²) in [5.74, 6) is 0. The van der Waals surface area contributed by atoms with Gasteiger partial charge in [0.1, 0.15) is 24.0 Å². The largest absolute Gasteiger partial charge is 0.388 e. The quantitative estimate of drug-likeness (QED) is 0.324. The van der Waals surface area contributed by atoms with Crippen LogP contribution in [0.5, 0.6) is 0 Å². The SMILES string of the molecule is CC1(N)OC[C@@H](O)[C@H](O)[C@H]1O. The third kappa shape index (κ3) is 1.52. The van der Waals surface area contributed by atoms with Crippen LogP contribution >= 0.6 is 0 Å². The van der Waals surface area contributed by atoms with Crippen molar-refractivity contribution in [1.29, 1.82) is 0 Å². The summed E-state index contributed by atoms with van der Waals surface area (Å²) in [6, 6.07) is 0. The summed E-state index contributed by atoms with van der Waals surface area (Å²) in [6.07, 6.45) is -3.52. The van der Waals surface area contributed by atoms with E-state index in [4.69, 9.17) is 20.7 Å². The molecule has 0 spiro atoms. The summed E-state index contributed by atoms with van der Waals surface area (Å²) in [5, 5.41) is 27.3. The minimum atomic E-state index is -1.27. The molecule has 5 nitrogen and oxygen atoms in total. The lowest BCUT2D eigenvalue weighted by Gasteiger charge is -2.40. The van der Waals surface area contributed by atoms with E-state index in [1.165, 1.54) is 6.92 Å². The van der Waals surface area contributed by atoms with Gasteiger partial charge in [-0.05, 0) is 6.92 Å². The Kier molecular flexibility index (Phi) is 2.17. The molecule has 5 heteroatoms. The van der Waals surface area contributed by atoms with Crippen LogP contribution < -0.4 is 5.73 Å². The molecule has 1 unspecified atom stereocenters. The van der Waals surface area contributed by atoms with E-state index in [0.717, 1.165) is 0 Å². The van der Waals surface area contributed by atoms with E-state index in [-0.39, 0.29) is 6.61 Å². The summed E-state index contributed by atoms with van der Waals surface area (Å²) in [6.45, 7) is 1.40. The Labute approximate surface area is 64.4 Å². The van der Waals surface area contributed by atoms with E-state index in [2.05, 4.69) is 0 Å². The lowest BCUT2D eigenvalue weighted by molar-refractivity contribution is -0.227. The smallest absolute Gasteiger partial charge is 0.142 e. The standard InChI is InChI=1S/C6H13NO4/c1-6(7)5(10)4(9)3(8)2-11-6/h3-5,8-10H,2,7H2,1H3/t3-,4+,5-,6?/m1/s1. The molecule has 0 aromatic heterocycles. The van der Waals surface area contributed by atoms with Gasteiger partial charge in [0.05, 0.1) is 6.61 Å². The van der Waals surface area contributed by atoms with Crippen LogP contribution in [0.3, 0.4) is 0 Å². The van der Waals surface area contributed by atoms with Gasteiger partial charge in [0.15, 0.2) is 0 Å². The Morgan fingerprint density at radius 1 is 1.45 bits per heavy atom. The molecule has 1 aliphatic rings. The van der Waals surface area contributed by atoms with Crippen molar-refractivity contribution in [2.24, 2.45) is 5.73 Å². The van der Waals surface area contributed by atoms with Crippen molar-refractivity contribution >= 4 is 0 Å². The minimum absolute atomic E-state index is 0.0504. The zero-order valence-electron chi connectivity index (χ0n) is 6.27. The lowest BCUT2D eigenvalue weighted by atomic mass is 9.97. The molecule has 0 saturated carbocycles. The first-order valence-corrected chi connectivity index (χ1v) is 3.42. The maximum Gasteiger partial charge on any atom is 0.142 e. The van der Waals surface area contributed by atoms with E-state index in [0.29, 0.717) is 0 Å². The highest BCUT2D eigenvalue weighted by atomic mass is 16.5. The molecule has 1 aliphatic heterocycles. The molecule has 1 fully saturated rings. The third-order valence-corrected chi connectivity index (χ3v) is 1.87. The molecule has 1 rings (SSSR count). The van der Waals surface area contributed by atoms with Crippen LogP contribution in [0.25, 0.3) is 0 Å². The summed E-state index contributed by atoms with van der Waals surface area (Å²) < 4.78 is 4.88. The van der Waals surface area contributed by atoms with Gasteiger partial charge in [-0.1, -0.05) is 0 Å². The van der Waals surface area contributed by atoms with E-state index in [1.54, 1.807) is 0 Å². The van der Waals surface area contributed by atoms with Crippen molar-refractivity contribution in [2.45, 2.75) is 31.0 Å². The van der Waals surface area contributed by atoms with Crippen LogP contribution in [0, 0.1) is 0 Å². The number of aliphatic hydroxyl groups is 3. The molecular weight excluding hydrogens is 150 g/mol. The van der Waals surface area contributed by atoms with Crippen LogP contribution in [-0.2, 0) is 4.74 Å². The Balaban J connectivity index is 2.67. The zero-order valence-corrected chi connectivity index (χ0v) is 6.27. The molecule has 0 bridgehead atoms. The number of hydrogen-bond donors (Lipinski definition) is 4. The van der Waals surface area contributed by atoms with Crippen LogP contribution in [-0.4, -0.2) is 46.0 Å². The topological polar surface area (TPSA) is 95.9 Å². The van der Waals surface area contributed by atoms with E-state index < -0.39 is 24.0 Å². The highest BCUT2D eigenvalue weighted by molar-refractivity contribution is 4.91. The summed E-state index contributed by atoms with van der Waals surface area (Å²) in [4.78, 5) is 0. The van der Waals surface area contributed by atoms with Gasteiger partial charge in [0.25, 0.3) is 0 Å². The van der Waals surface area contributed by atoms with Crippen LogP contribution in [0.2, 0.25) is 0 Å². The van der Waals surface area contributed by atoms with Crippen LogP contribution in [0.4, 0.5) is 0 Å². The molecule has 0 aromatic carbocycles. The van der Waals surface area contributed by atoms with Crippen molar-refractivity contribution in [1.82, 2.24) is 0 Å². The summed E-state index contributed by atoms with van der Waals surface area (Å²) in [5.41, 5.74) is 4.17. The minimum Gasteiger partial charge on any atom is -0.388 e. The highest BCUT2D eigenvalue weighted by Crippen LogP contribution is 2.20. The second-order valence-corrected chi connectivity index (χ2v) is 3.00. The second-order valence-electron chi connectivity index (χ2n) is 3.00. The average molecular weight is 163 g/mol. The van der Waals surface area contributed by atoms with Crippen LogP contribution in [0.15, 0.2) is 0 Å². The normalized spacial score (nSPS) is 52.6. The Hall–Kier alpha value is -0.200. The number of ether oxygens (including phenoxy) is 1. The van der Waals surface area contributed by atoms with Crippen molar-refractivity contribution in [3.63, 3.8) is 0 Å². The van der Waals surface area contributed by atoms with Crippen molar-refractivity contribution in [3.05, 3.63) is 0 Å². The van der Waals surface area contributed by atoms with Gasteiger partial charge in [-0.25, -0.2) is 0 Å². The molecule has 0 amide bonds. The fraction of sp³-hybridized carbons (Fsp3) is 1.00. The second kappa shape index (κ2) is 2.69. The molecule has 0 aromatic rings. The predicted molar refractivity (Wildman–Crippen MR) is 36.6 cm³/mol. The van der Waals surface area contributed by atoms with E-state index in [1.807, 2.05) is 0 Å². The highest BCUT2D eigenvalue weighted by Gasteiger charge is 2.43. The predicted octanol–water partition coefficient (Wildman–Crippen LogP) is -2.23. The molecule has 66 valence electrons. The first-order valence-electron chi connectivity index (χ1n) is 3.42. The zero-order chi connectivity index (χ0) is 8.65. The molecule has 1 heterocycles. The Bertz CT molecular complexity index is 150. The fourth-order valence-corrected chi connectivity index (χ4v) is 0.998. The third-order valence-electron chi connectivity index (χ3n) is 1.87. The molecular formula is C6H13NO4. The Morgan fingerprint density at radius 2 is 2.00 bits per heavy atom. The first kappa shape index (κ1) is 8.89. The molecule has 5 N–H and O–H groups in total. The van der Waals surface area contributed by atoms with Gasteiger partial charge in [0, 0.05) is 0 Å². The van der Waals surface area contributed by atoms with Gasteiger partial charge in [-0.2, -0.15) is 0 Å². The molecule has 1 saturated heterocycles. The van der Waals surface area contributed by atoms with Crippen LogP contribution in [0.1, 0.15) is 6.92 Å². The van der Waals surface area contributed by atoms with Gasteiger partial charge in [0.2, 0.25) is 0 Å². The number of aliphatic hydroxyl groups excluding tert-OH is 3. The monoisotopic (exact) mass is 163 g/mol. The van der Waals surface area contributed by atoms with Gasteiger partial charge in [-0.15, -0.1) is 0 Å². The van der Waals surface area contributed by atoms with E-state index >= 15 is 0 Å². The summed E-state index contributed by atoms with van der Waals surface area (Å²) >= 11 is 0. The molecule has 0 aliphatic carbocycles. The number of rotatable bonds is 0. The Morgan fingerprint density at radius 3 is 2.45 bits per heavy atom. The average Bonchev–Trinajstić information content (AvgIpc) is 1.95. The molecule has 0 radical (unpaired) electrons. The lowest BCUT2D eigenvalue weighted by Crippen LogP contribution is -2.63. The van der Waals surface area contributed by atoms with Crippen molar-refractivity contribution < 1.29 is 20.1 Å². The van der Waals surface area contributed by atoms with Gasteiger partial charge >= 0.3 is 0 Å². The van der Waals surface area contributed by atoms with Gasteiger partial charge in [-0.3, -0.25) is 0 Å². The van der Waals surface area contributed by atoms with Crippen molar-refractivity contribution in [2.75, 3.05) is 6.61 Å². The molecule has 4 atom stereocenters. The number of hydrogen-bond acceptors (Lipinski definition) is 5. The van der Waals surface area contributed by atoms with Gasteiger partial charge < -0.3 is 25.8 Å². The van der Waals surface area contributed by atoms with E-state index in [9.17, 15) is 5.11 Å².